The van der Waals surface area contributed by atoms with Crippen LogP contribution >= 0.6 is 35.7 Å². The van der Waals surface area contributed by atoms with E-state index in [1.54, 1.807) is 0 Å². The summed E-state index contributed by atoms with van der Waals surface area (Å²) in [6.45, 7) is 9.34. The summed E-state index contributed by atoms with van der Waals surface area (Å²) >= 11 is 1.82. The van der Waals surface area contributed by atoms with Gasteiger partial charge in [0.1, 0.15) is 6.54 Å². The molecular formula is C14H27IN4OS. The van der Waals surface area contributed by atoms with Crippen molar-refractivity contribution in [3.05, 3.63) is 12.7 Å². The highest BCUT2D eigenvalue weighted by atomic mass is 127. The van der Waals surface area contributed by atoms with Crippen LogP contribution in [0.25, 0.3) is 0 Å². The fourth-order valence-corrected chi connectivity index (χ4v) is 2.54. The lowest BCUT2D eigenvalue weighted by molar-refractivity contribution is -0.128. The lowest BCUT2D eigenvalue weighted by Gasteiger charge is -2.15. The third-order valence-corrected chi connectivity index (χ3v) is 3.91. The molecule has 0 aromatic heterocycles. The third-order valence-electron chi connectivity index (χ3n) is 2.95. The molecule has 0 aromatic carbocycles. The van der Waals surface area contributed by atoms with E-state index < -0.39 is 0 Å². The van der Waals surface area contributed by atoms with Crippen LogP contribution in [0, 0.1) is 0 Å². The Morgan fingerprint density at radius 1 is 1.38 bits per heavy atom. The fraction of sp³-hybridized carbons (Fsp3) is 0.714. The van der Waals surface area contributed by atoms with Gasteiger partial charge < -0.3 is 15.5 Å². The van der Waals surface area contributed by atoms with Gasteiger partial charge in [-0.15, -0.1) is 30.6 Å². The Morgan fingerprint density at radius 3 is 2.71 bits per heavy atom. The van der Waals surface area contributed by atoms with E-state index in [2.05, 4.69) is 22.2 Å². The lowest BCUT2D eigenvalue weighted by Crippen LogP contribution is -2.39. The minimum Gasteiger partial charge on any atom is -0.357 e. The first-order valence-corrected chi connectivity index (χ1v) is 8.42. The van der Waals surface area contributed by atoms with Crippen LogP contribution in [0.15, 0.2) is 17.6 Å². The lowest BCUT2D eigenvalue weighted by atomic mass is 10.4. The maximum absolute atomic E-state index is 11.9. The number of halogens is 1. The Balaban J connectivity index is 0.00000400. The monoisotopic (exact) mass is 426 g/mol. The Bertz CT molecular complexity index is 333. The number of carbonyl (C=O) groups is 1. The number of guanidine groups is 1. The highest BCUT2D eigenvalue weighted by molar-refractivity contribution is 14.0. The largest absolute Gasteiger partial charge is 0.357 e. The first kappa shape index (κ1) is 20.6. The van der Waals surface area contributed by atoms with Gasteiger partial charge in [-0.1, -0.05) is 6.08 Å². The molecule has 5 nitrogen and oxygen atoms in total. The maximum Gasteiger partial charge on any atom is 0.244 e. The zero-order valence-corrected chi connectivity index (χ0v) is 15.9. The zero-order valence-electron chi connectivity index (χ0n) is 12.8. The smallest absolute Gasteiger partial charge is 0.244 e. The van der Waals surface area contributed by atoms with E-state index in [1.807, 2.05) is 29.7 Å². The number of nitrogens with one attached hydrogen (secondary N) is 2. The summed E-state index contributed by atoms with van der Waals surface area (Å²) in [5.41, 5.74) is 0. The quantitative estimate of drug-likeness (QED) is 0.204. The van der Waals surface area contributed by atoms with Crippen molar-refractivity contribution in [3.8, 4) is 0 Å². The molecule has 0 aromatic rings. The number of aliphatic imine (C=N–C) groups is 1. The minimum absolute atomic E-state index is 0. The molecule has 1 amide bonds. The second-order valence-corrected chi connectivity index (χ2v) is 5.72. The van der Waals surface area contributed by atoms with Crippen molar-refractivity contribution < 1.29 is 4.79 Å². The number of nitrogens with zero attached hydrogens (tertiary/aromatic N) is 2. The number of hydrogen-bond donors (Lipinski definition) is 2. The summed E-state index contributed by atoms with van der Waals surface area (Å²) in [5.74, 6) is 2.80. The standard InChI is InChI=1S/C14H26N4OS.HI/c1-3-10-20-11-7-16-14(15-4-2)17-12-13(19)18-8-5-6-9-18;/h3H,1,4-12H2,2H3,(H2,15,16,17);1H. The van der Waals surface area contributed by atoms with Gasteiger partial charge >= 0.3 is 0 Å². The first-order chi connectivity index (χ1) is 9.77. The average Bonchev–Trinajstić information content (AvgIpc) is 2.98. The SMILES string of the molecule is C=CCSCCNC(=NCC(=O)N1CCCC1)NCC.I. The number of rotatable bonds is 8. The van der Waals surface area contributed by atoms with Crippen molar-refractivity contribution in [2.75, 3.05) is 44.2 Å². The molecular weight excluding hydrogens is 399 g/mol. The molecule has 21 heavy (non-hydrogen) atoms. The van der Waals surface area contributed by atoms with Gasteiger partial charge in [0.2, 0.25) is 5.91 Å². The molecule has 0 spiro atoms. The van der Waals surface area contributed by atoms with Gasteiger partial charge in [-0.05, 0) is 19.8 Å². The molecule has 1 aliphatic heterocycles. The van der Waals surface area contributed by atoms with E-state index in [0.29, 0.717) is 0 Å². The van der Waals surface area contributed by atoms with Crippen LogP contribution in [-0.2, 0) is 4.79 Å². The molecule has 0 atom stereocenters. The van der Waals surface area contributed by atoms with Gasteiger partial charge in [0.15, 0.2) is 5.96 Å². The van der Waals surface area contributed by atoms with Crippen molar-refractivity contribution >= 4 is 47.6 Å². The minimum atomic E-state index is 0. The number of likely N-dealkylation sites (tertiary alicyclic amines) is 1. The molecule has 7 heteroatoms. The van der Waals surface area contributed by atoms with Crippen LogP contribution in [0.5, 0.6) is 0 Å². The van der Waals surface area contributed by atoms with Crippen molar-refractivity contribution in [1.82, 2.24) is 15.5 Å². The van der Waals surface area contributed by atoms with E-state index in [4.69, 9.17) is 0 Å². The first-order valence-electron chi connectivity index (χ1n) is 7.26. The van der Waals surface area contributed by atoms with Crippen LogP contribution in [0.3, 0.4) is 0 Å². The van der Waals surface area contributed by atoms with Gasteiger partial charge in [-0.25, -0.2) is 4.99 Å². The summed E-state index contributed by atoms with van der Waals surface area (Å²) < 4.78 is 0. The number of thioether (sulfide) groups is 1. The molecule has 0 unspecified atom stereocenters. The van der Waals surface area contributed by atoms with Crippen molar-refractivity contribution in [3.63, 3.8) is 0 Å². The summed E-state index contributed by atoms with van der Waals surface area (Å²) in [6, 6.07) is 0. The van der Waals surface area contributed by atoms with E-state index in [9.17, 15) is 4.79 Å². The van der Waals surface area contributed by atoms with Crippen LogP contribution in [0.2, 0.25) is 0 Å². The Kier molecular flexibility index (Phi) is 13.0. The normalized spacial score (nSPS) is 14.5. The highest BCUT2D eigenvalue weighted by Gasteiger charge is 2.17. The van der Waals surface area contributed by atoms with Crippen LogP contribution in [0.1, 0.15) is 19.8 Å². The van der Waals surface area contributed by atoms with Gasteiger partial charge in [-0.3, -0.25) is 4.79 Å². The van der Waals surface area contributed by atoms with Crippen molar-refractivity contribution in [2.24, 2.45) is 4.99 Å². The predicted octanol–water partition coefficient (Wildman–Crippen LogP) is 1.70. The van der Waals surface area contributed by atoms with E-state index in [1.165, 1.54) is 0 Å². The van der Waals surface area contributed by atoms with E-state index >= 15 is 0 Å². The maximum atomic E-state index is 11.9. The van der Waals surface area contributed by atoms with Crippen molar-refractivity contribution in [1.29, 1.82) is 0 Å². The molecule has 122 valence electrons. The summed E-state index contributed by atoms with van der Waals surface area (Å²) in [5, 5.41) is 6.40. The number of hydrogen-bond acceptors (Lipinski definition) is 3. The van der Waals surface area contributed by atoms with Crippen LogP contribution in [-0.4, -0.2) is 61.0 Å². The molecule has 0 saturated carbocycles. The topological polar surface area (TPSA) is 56.7 Å². The molecule has 1 fully saturated rings. The Morgan fingerprint density at radius 2 is 2.10 bits per heavy atom. The molecule has 1 saturated heterocycles. The molecule has 2 N–H and O–H groups in total. The van der Waals surface area contributed by atoms with Crippen LogP contribution < -0.4 is 10.6 Å². The molecule has 0 radical (unpaired) electrons. The van der Waals surface area contributed by atoms with Gasteiger partial charge in [0, 0.05) is 37.7 Å². The molecule has 0 bridgehead atoms. The van der Waals surface area contributed by atoms with Gasteiger partial charge in [0.05, 0.1) is 0 Å². The summed E-state index contributed by atoms with van der Waals surface area (Å²) in [7, 11) is 0. The van der Waals surface area contributed by atoms with E-state index in [-0.39, 0.29) is 36.4 Å². The Hall–Kier alpha value is -0.440. The molecule has 0 aliphatic carbocycles. The van der Waals surface area contributed by atoms with Gasteiger partial charge in [0.25, 0.3) is 0 Å². The van der Waals surface area contributed by atoms with Crippen molar-refractivity contribution in [2.45, 2.75) is 19.8 Å². The number of amides is 1. The third kappa shape index (κ3) is 9.23. The fourth-order valence-electron chi connectivity index (χ4n) is 1.96. The second kappa shape index (κ2) is 13.2. The molecule has 1 heterocycles. The van der Waals surface area contributed by atoms with E-state index in [0.717, 1.165) is 56.5 Å². The van der Waals surface area contributed by atoms with Crippen LogP contribution in [0.4, 0.5) is 0 Å². The summed E-state index contributed by atoms with van der Waals surface area (Å²) in [6.07, 6.45) is 4.14. The summed E-state index contributed by atoms with van der Waals surface area (Å²) in [4.78, 5) is 18.2. The van der Waals surface area contributed by atoms with Gasteiger partial charge in [-0.2, -0.15) is 11.8 Å². The average molecular weight is 426 g/mol. The molecule has 1 rings (SSSR count). The zero-order chi connectivity index (χ0) is 14.6. The predicted molar refractivity (Wildman–Crippen MR) is 103 cm³/mol. The highest BCUT2D eigenvalue weighted by Crippen LogP contribution is 2.07. The second-order valence-electron chi connectivity index (χ2n) is 4.57. The Labute approximate surface area is 149 Å². The number of carbonyl (C=O) groups excluding carboxylic acids is 1. The molecule has 1 aliphatic rings.